The average Bonchev–Trinajstić information content (AvgIpc) is 2.85. The van der Waals surface area contributed by atoms with Crippen LogP contribution in [0, 0.1) is 0 Å². The number of aromatic nitrogens is 1. The monoisotopic (exact) mass is 462 g/mol. The van der Waals surface area contributed by atoms with E-state index >= 15 is 0 Å². The van der Waals surface area contributed by atoms with Crippen molar-refractivity contribution in [2.75, 3.05) is 27.9 Å². The molecule has 8 nitrogen and oxygen atoms in total. The number of nitrogens with zero attached hydrogens (tertiary/aromatic N) is 1. The first-order valence-corrected chi connectivity index (χ1v) is 10.8. The Morgan fingerprint density at radius 1 is 1.03 bits per heavy atom. The highest BCUT2D eigenvalue weighted by atomic mass is 16.5. The van der Waals surface area contributed by atoms with E-state index in [-0.39, 0.29) is 0 Å². The highest BCUT2D eigenvalue weighted by molar-refractivity contribution is 6.07. The number of carbonyl (C=O) groups is 2. The summed E-state index contributed by atoms with van der Waals surface area (Å²) >= 11 is 0. The van der Waals surface area contributed by atoms with Gasteiger partial charge in [-0.2, -0.15) is 0 Å². The number of nitrogens with two attached hydrogens (primary N) is 1. The van der Waals surface area contributed by atoms with E-state index in [0.29, 0.717) is 40.1 Å². The molecule has 0 saturated carbocycles. The summed E-state index contributed by atoms with van der Waals surface area (Å²) in [4.78, 5) is 29.1. The summed E-state index contributed by atoms with van der Waals surface area (Å²) in [6.45, 7) is -0.474. The Labute approximate surface area is 197 Å². The van der Waals surface area contributed by atoms with E-state index in [4.69, 9.17) is 29.7 Å². The minimum absolute atomic E-state index is 0.428. The number of hydrogen-bond donors (Lipinski definition) is 1. The van der Waals surface area contributed by atoms with E-state index in [1.807, 2.05) is 42.5 Å². The number of carbonyl (C=O) groups excluding carboxylic acids is 2. The molecule has 0 fully saturated rings. The van der Waals surface area contributed by atoms with Crippen LogP contribution in [0.4, 0.5) is 0 Å². The van der Waals surface area contributed by atoms with Gasteiger partial charge in [0.1, 0.15) is 0 Å². The summed E-state index contributed by atoms with van der Waals surface area (Å²) < 4.78 is 21.6. The van der Waals surface area contributed by atoms with Crippen LogP contribution in [0.3, 0.4) is 0 Å². The lowest BCUT2D eigenvalue weighted by atomic mass is 9.86. The van der Waals surface area contributed by atoms with E-state index in [1.54, 1.807) is 21.3 Å². The van der Waals surface area contributed by atoms with Gasteiger partial charge in [0.2, 0.25) is 5.75 Å². The zero-order chi connectivity index (χ0) is 24.2. The van der Waals surface area contributed by atoms with Crippen LogP contribution in [0.2, 0.25) is 0 Å². The van der Waals surface area contributed by atoms with Crippen molar-refractivity contribution in [3.8, 4) is 17.2 Å². The second-order valence-corrected chi connectivity index (χ2v) is 7.86. The minimum Gasteiger partial charge on any atom is -0.493 e. The number of primary amides is 1. The fourth-order valence-corrected chi connectivity index (χ4v) is 4.30. The Morgan fingerprint density at radius 2 is 1.74 bits per heavy atom. The number of para-hydroxylation sites is 1. The average molecular weight is 463 g/mol. The summed E-state index contributed by atoms with van der Waals surface area (Å²) in [5.74, 6) is 0.324. The Hall–Kier alpha value is -4.07. The number of methoxy groups -OCH3 is 3. The molecule has 3 aromatic rings. The van der Waals surface area contributed by atoms with Crippen LogP contribution in [0.1, 0.15) is 40.0 Å². The van der Waals surface area contributed by atoms with E-state index in [9.17, 15) is 9.59 Å². The lowest BCUT2D eigenvalue weighted by molar-refractivity contribution is -0.121. The van der Waals surface area contributed by atoms with Gasteiger partial charge in [-0.25, -0.2) is 9.78 Å². The SMILES string of the molecule is COc1cc(/C=C2\CCCc3c2nc2ccccc2c3C(=O)OCC(N)=O)cc(OC)c1OC. The summed E-state index contributed by atoms with van der Waals surface area (Å²) in [6, 6.07) is 11.1. The predicted molar refractivity (Wildman–Crippen MR) is 128 cm³/mol. The molecule has 0 spiro atoms. The number of fused-ring (bicyclic) bond motifs is 2. The summed E-state index contributed by atoms with van der Waals surface area (Å²) in [5.41, 5.74) is 9.65. The third kappa shape index (κ3) is 4.39. The van der Waals surface area contributed by atoms with Gasteiger partial charge in [0.15, 0.2) is 18.1 Å². The number of amides is 1. The quantitative estimate of drug-likeness (QED) is 0.532. The standard InChI is InChI=1S/C26H26N2O6/c1-31-20-12-15(13-21(32-2)25(20)33-3)11-16-7-6-9-18-23(26(30)34-14-22(27)29)17-8-4-5-10-19(17)28-24(16)18/h4-5,8,10-13H,6-7,9,14H2,1-3H3,(H2,27,29)/b16-11+. The van der Waals surface area contributed by atoms with Crippen LogP contribution in [0.15, 0.2) is 36.4 Å². The van der Waals surface area contributed by atoms with E-state index in [0.717, 1.165) is 35.2 Å². The maximum absolute atomic E-state index is 13.0. The summed E-state index contributed by atoms with van der Waals surface area (Å²) in [5, 5.41) is 0.685. The first-order valence-electron chi connectivity index (χ1n) is 10.8. The van der Waals surface area contributed by atoms with Crippen LogP contribution in [0.25, 0.3) is 22.6 Å². The largest absolute Gasteiger partial charge is 0.493 e. The third-order valence-electron chi connectivity index (χ3n) is 5.75. The number of rotatable bonds is 7. The molecular weight excluding hydrogens is 436 g/mol. The van der Waals surface area contributed by atoms with Crippen LogP contribution in [0.5, 0.6) is 17.2 Å². The molecule has 2 N–H and O–H groups in total. The van der Waals surface area contributed by atoms with E-state index < -0.39 is 18.5 Å². The molecular formula is C26H26N2O6. The highest BCUT2D eigenvalue weighted by Gasteiger charge is 2.26. The van der Waals surface area contributed by atoms with E-state index in [1.165, 1.54) is 0 Å². The van der Waals surface area contributed by atoms with Gasteiger partial charge in [-0.1, -0.05) is 18.2 Å². The number of hydrogen-bond acceptors (Lipinski definition) is 7. The third-order valence-corrected chi connectivity index (χ3v) is 5.75. The molecule has 0 saturated heterocycles. The molecule has 0 unspecified atom stereocenters. The van der Waals surface area contributed by atoms with Gasteiger partial charge in [-0.05, 0) is 60.2 Å². The van der Waals surface area contributed by atoms with Gasteiger partial charge in [0, 0.05) is 5.39 Å². The van der Waals surface area contributed by atoms with Crippen molar-refractivity contribution < 1.29 is 28.5 Å². The van der Waals surface area contributed by atoms with Crippen LogP contribution in [-0.4, -0.2) is 44.8 Å². The van der Waals surface area contributed by atoms with E-state index in [2.05, 4.69) is 0 Å². The first kappa shape index (κ1) is 23.1. The lowest BCUT2D eigenvalue weighted by Gasteiger charge is -2.22. The van der Waals surface area contributed by atoms with Gasteiger partial charge >= 0.3 is 5.97 Å². The topological polar surface area (TPSA) is 110 Å². The molecule has 1 amide bonds. The van der Waals surface area contributed by atoms with Crippen molar-refractivity contribution in [1.82, 2.24) is 4.98 Å². The Kier molecular flexibility index (Phi) is 6.67. The molecule has 1 aliphatic carbocycles. The molecule has 1 heterocycles. The number of esters is 1. The van der Waals surface area contributed by atoms with Crippen molar-refractivity contribution in [2.24, 2.45) is 5.73 Å². The molecule has 4 rings (SSSR count). The van der Waals surface area contributed by atoms with Crippen LogP contribution < -0.4 is 19.9 Å². The van der Waals surface area contributed by atoms with Crippen molar-refractivity contribution >= 4 is 34.4 Å². The summed E-state index contributed by atoms with van der Waals surface area (Å²) in [7, 11) is 4.70. The Morgan fingerprint density at radius 3 is 2.38 bits per heavy atom. The number of allylic oxidation sites excluding steroid dienone is 1. The summed E-state index contributed by atoms with van der Waals surface area (Å²) in [6.07, 6.45) is 4.30. The van der Waals surface area contributed by atoms with Gasteiger partial charge in [-0.15, -0.1) is 0 Å². The zero-order valence-corrected chi connectivity index (χ0v) is 19.3. The minimum atomic E-state index is -0.705. The fourth-order valence-electron chi connectivity index (χ4n) is 4.30. The van der Waals surface area contributed by atoms with Gasteiger partial charge < -0.3 is 24.7 Å². The molecule has 2 aromatic carbocycles. The Balaban J connectivity index is 1.88. The maximum Gasteiger partial charge on any atom is 0.339 e. The molecule has 1 aromatic heterocycles. The normalized spacial score (nSPS) is 13.9. The van der Waals surface area contributed by atoms with Crippen LogP contribution in [-0.2, 0) is 16.0 Å². The van der Waals surface area contributed by atoms with Crippen molar-refractivity contribution in [1.29, 1.82) is 0 Å². The maximum atomic E-state index is 13.0. The predicted octanol–water partition coefficient (Wildman–Crippen LogP) is 3.78. The molecule has 176 valence electrons. The molecule has 0 bridgehead atoms. The first-order chi connectivity index (χ1) is 16.5. The van der Waals surface area contributed by atoms with Crippen molar-refractivity contribution in [2.45, 2.75) is 19.3 Å². The van der Waals surface area contributed by atoms with Crippen LogP contribution >= 0.6 is 0 Å². The van der Waals surface area contributed by atoms with Gasteiger partial charge in [-0.3, -0.25) is 4.79 Å². The van der Waals surface area contributed by atoms with Crippen molar-refractivity contribution in [3.63, 3.8) is 0 Å². The molecule has 0 radical (unpaired) electrons. The smallest absolute Gasteiger partial charge is 0.339 e. The van der Waals surface area contributed by atoms with Gasteiger partial charge in [0.25, 0.3) is 5.91 Å². The number of ether oxygens (including phenoxy) is 4. The molecule has 8 heteroatoms. The molecule has 34 heavy (non-hydrogen) atoms. The highest BCUT2D eigenvalue weighted by Crippen LogP contribution is 2.41. The number of benzene rings is 2. The second-order valence-electron chi connectivity index (χ2n) is 7.86. The lowest BCUT2D eigenvalue weighted by Crippen LogP contribution is -2.22. The zero-order valence-electron chi connectivity index (χ0n) is 19.3. The number of pyridine rings is 1. The fraction of sp³-hybridized carbons (Fsp3) is 0.269. The molecule has 0 atom stereocenters. The molecule has 1 aliphatic rings. The second kappa shape index (κ2) is 9.82. The Bertz CT molecular complexity index is 1270. The van der Waals surface area contributed by atoms with Gasteiger partial charge in [0.05, 0.1) is 38.1 Å². The van der Waals surface area contributed by atoms with Crippen molar-refractivity contribution in [3.05, 3.63) is 58.8 Å². The molecule has 0 aliphatic heterocycles.